The number of anilines is 2. The number of hydrogen-bond acceptors (Lipinski definition) is 5. The number of aromatic nitrogens is 4. The minimum atomic E-state index is -0.321. The van der Waals surface area contributed by atoms with E-state index in [1.165, 1.54) is 15.8 Å². The van der Waals surface area contributed by atoms with Crippen molar-refractivity contribution >= 4 is 34.3 Å². The third-order valence-corrected chi connectivity index (χ3v) is 3.89. The fraction of sp³-hybridized carbons (Fsp3) is 0.250. The maximum atomic E-state index is 12.7. The van der Waals surface area contributed by atoms with Crippen LogP contribution in [0.5, 0.6) is 0 Å². The Bertz CT molecular complexity index is 955. The Hall–Kier alpha value is -3.36. The zero-order chi connectivity index (χ0) is 18.1. The first-order chi connectivity index (χ1) is 11.9. The molecule has 0 fully saturated rings. The summed E-state index contributed by atoms with van der Waals surface area (Å²) in [6.07, 6.45) is 1.50. The SMILES string of the molecule is Cc1c(N)c2ccccc2n1C(=O)Cn1cc(NC(=O)N(C)C)nn1. The summed E-state index contributed by atoms with van der Waals surface area (Å²) in [6, 6.07) is 7.14. The van der Waals surface area contributed by atoms with Gasteiger partial charge in [-0.15, -0.1) is 5.10 Å². The van der Waals surface area contributed by atoms with Crippen molar-refractivity contribution in [3.8, 4) is 0 Å². The van der Waals surface area contributed by atoms with E-state index < -0.39 is 0 Å². The molecule has 25 heavy (non-hydrogen) atoms. The molecule has 3 N–H and O–H groups in total. The van der Waals surface area contributed by atoms with Crippen molar-refractivity contribution in [1.82, 2.24) is 24.5 Å². The largest absolute Gasteiger partial charge is 0.397 e. The van der Waals surface area contributed by atoms with Crippen LogP contribution in [0, 0.1) is 6.92 Å². The number of nitrogens with two attached hydrogens (primary N) is 1. The predicted molar refractivity (Wildman–Crippen MR) is 94.4 cm³/mol. The Morgan fingerprint density at radius 2 is 2.00 bits per heavy atom. The van der Waals surface area contributed by atoms with Gasteiger partial charge in [-0.3, -0.25) is 14.7 Å². The summed E-state index contributed by atoms with van der Waals surface area (Å²) in [5, 5.41) is 11.1. The number of amides is 2. The first-order valence-electron chi connectivity index (χ1n) is 7.65. The molecule has 2 amide bonds. The number of carbonyl (C=O) groups excluding carboxylic acids is 2. The minimum absolute atomic E-state index is 0.0240. The molecule has 0 radical (unpaired) electrons. The highest BCUT2D eigenvalue weighted by molar-refractivity contribution is 6.01. The lowest BCUT2D eigenvalue weighted by Gasteiger charge is -2.09. The van der Waals surface area contributed by atoms with Crippen molar-refractivity contribution in [1.29, 1.82) is 0 Å². The maximum Gasteiger partial charge on any atom is 0.322 e. The van der Waals surface area contributed by atoms with Gasteiger partial charge >= 0.3 is 6.03 Å². The molecule has 1 aromatic carbocycles. The van der Waals surface area contributed by atoms with E-state index in [-0.39, 0.29) is 24.3 Å². The van der Waals surface area contributed by atoms with Gasteiger partial charge in [-0.2, -0.15) is 0 Å². The molecule has 0 atom stereocenters. The molecule has 0 aliphatic rings. The number of rotatable bonds is 3. The molecule has 3 aromatic rings. The van der Waals surface area contributed by atoms with E-state index in [0.29, 0.717) is 11.4 Å². The summed E-state index contributed by atoms with van der Waals surface area (Å²) < 4.78 is 2.95. The first kappa shape index (κ1) is 16.5. The highest BCUT2D eigenvalue weighted by Gasteiger charge is 2.18. The number of nitrogen functional groups attached to an aromatic ring is 1. The van der Waals surface area contributed by atoms with Crippen LogP contribution in [0.15, 0.2) is 30.5 Å². The summed E-state index contributed by atoms with van der Waals surface area (Å²) in [7, 11) is 3.24. The monoisotopic (exact) mass is 341 g/mol. The number of para-hydroxylation sites is 1. The number of benzene rings is 1. The Morgan fingerprint density at radius 1 is 1.28 bits per heavy atom. The third-order valence-electron chi connectivity index (χ3n) is 3.89. The molecular formula is C16H19N7O2. The third kappa shape index (κ3) is 3.03. The van der Waals surface area contributed by atoms with Crippen molar-refractivity contribution in [3.63, 3.8) is 0 Å². The second-order valence-electron chi connectivity index (χ2n) is 5.87. The molecule has 0 spiro atoms. The van der Waals surface area contributed by atoms with E-state index in [1.807, 2.05) is 24.3 Å². The van der Waals surface area contributed by atoms with Gasteiger partial charge in [0.1, 0.15) is 6.54 Å². The Labute approximate surface area is 144 Å². The van der Waals surface area contributed by atoms with Gasteiger partial charge in [-0.05, 0) is 13.0 Å². The number of hydrogen-bond donors (Lipinski definition) is 2. The van der Waals surface area contributed by atoms with Gasteiger partial charge in [0.05, 0.1) is 17.4 Å². The molecule has 3 rings (SSSR count). The molecule has 2 aromatic heterocycles. The second-order valence-corrected chi connectivity index (χ2v) is 5.87. The van der Waals surface area contributed by atoms with E-state index in [9.17, 15) is 9.59 Å². The molecule has 0 saturated heterocycles. The van der Waals surface area contributed by atoms with Gasteiger partial charge in [-0.25, -0.2) is 9.48 Å². The average molecular weight is 341 g/mol. The minimum Gasteiger partial charge on any atom is -0.397 e. The average Bonchev–Trinajstić information content (AvgIpc) is 3.11. The molecule has 0 aliphatic heterocycles. The van der Waals surface area contributed by atoms with Gasteiger partial charge in [-0.1, -0.05) is 23.4 Å². The fourth-order valence-corrected chi connectivity index (χ4v) is 2.58. The Morgan fingerprint density at radius 3 is 2.72 bits per heavy atom. The number of nitrogens with one attached hydrogen (secondary N) is 1. The lowest BCUT2D eigenvalue weighted by atomic mass is 10.2. The summed E-state index contributed by atoms with van der Waals surface area (Å²) in [4.78, 5) is 25.7. The summed E-state index contributed by atoms with van der Waals surface area (Å²) >= 11 is 0. The molecule has 9 heteroatoms. The van der Waals surface area contributed by atoms with Crippen LogP contribution in [0.2, 0.25) is 0 Å². The van der Waals surface area contributed by atoms with Gasteiger partial charge in [0, 0.05) is 25.2 Å². The van der Waals surface area contributed by atoms with Crippen LogP contribution in [0.25, 0.3) is 10.9 Å². The molecule has 130 valence electrons. The quantitative estimate of drug-likeness (QED) is 0.751. The van der Waals surface area contributed by atoms with Crippen LogP contribution < -0.4 is 11.1 Å². The van der Waals surface area contributed by atoms with E-state index in [2.05, 4.69) is 15.6 Å². The normalized spacial score (nSPS) is 10.8. The van der Waals surface area contributed by atoms with Crippen molar-refractivity contribution in [2.45, 2.75) is 13.5 Å². The van der Waals surface area contributed by atoms with Crippen LogP contribution in [0.3, 0.4) is 0 Å². The molecule has 0 saturated carbocycles. The molecular weight excluding hydrogens is 322 g/mol. The van der Waals surface area contributed by atoms with Gasteiger partial charge in [0.25, 0.3) is 5.91 Å². The van der Waals surface area contributed by atoms with Crippen LogP contribution in [0.1, 0.15) is 10.5 Å². The standard InChI is InChI=1S/C16H19N7O2/c1-10-15(17)11-6-4-5-7-12(11)23(10)14(24)9-22-8-13(19-20-22)18-16(25)21(2)3/h4-8H,9,17H2,1-3H3,(H,18,25). The Balaban J connectivity index is 1.83. The molecule has 0 bridgehead atoms. The second kappa shape index (κ2) is 6.27. The molecule has 9 nitrogen and oxygen atoms in total. The highest BCUT2D eigenvalue weighted by Crippen LogP contribution is 2.27. The van der Waals surface area contributed by atoms with Crippen LogP contribution in [-0.4, -0.2) is 50.5 Å². The predicted octanol–water partition coefficient (Wildman–Crippen LogP) is 1.56. The lowest BCUT2D eigenvalue weighted by molar-refractivity contribution is 0.0889. The summed E-state index contributed by atoms with van der Waals surface area (Å²) in [5.74, 6) is 0.0842. The summed E-state index contributed by atoms with van der Waals surface area (Å²) in [5.41, 5.74) is 8.12. The van der Waals surface area contributed by atoms with E-state index >= 15 is 0 Å². The summed E-state index contributed by atoms with van der Waals surface area (Å²) in [6.45, 7) is 1.78. The number of nitrogens with zero attached hydrogens (tertiary/aromatic N) is 5. The van der Waals surface area contributed by atoms with Crippen LogP contribution in [0.4, 0.5) is 16.3 Å². The van der Waals surface area contributed by atoms with Crippen molar-refractivity contribution in [3.05, 3.63) is 36.2 Å². The lowest BCUT2D eigenvalue weighted by Crippen LogP contribution is -2.27. The fourth-order valence-electron chi connectivity index (χ4n) is 2.58. The smallest absolute Gasteiger partial charge is 0.322 e. The van der Waals surface area contributed by atoms with Gasteiger partial charge in [0.15, 0.2) is 5.82 Å². The van der Waals surface area contributed by atoms with Crippen molar-refractivity contribution in [2.75, 3.05) is 25.1 Å². The Kier molecular flexibility index (Phi) is 4.14. The van der Waals surface area contributed by atoms with E-state index in [0.717, 1.165) is 10.9 Å². The first-order valence-corrected chi connectivity index (χ1v) is 7.65. The zero-order valence-electron chi connectivity index (χ0n) is 14.2. The zero-order valence-corrected chi connectivity index (χ0v) is 14.2. The maximum absolute atomic E-state index is 12.7. The molecule has 0 unspecified atom stereocenters. The van der Waals surface area contributed by atoms with E-state index in [4.69, 9.17) is 5.73 Å². The topological polar surface area (TPSA) is 111 Å². The van der Waals surface area contributed by atoms with Crippen molar-refractivity contribution in [2.24, 2.45) is 0 Å². The van der Waals surface area contributed by atoms with Crippen molar-refractivity contribution < 1.29 is 9.59 Å². The highest BCUT2D eigenvalue weighted by atomic mass is 16.2. The van der Waals surface area contributed by atoms with Crippen LogP contribution in [-0.2, 0) is 6.54 Å². The van der Waals surface area contributed by atoms with Gasteiger partial charge in [0.2, 0.25) is 0 Å². The number of urea groups is 1. The van der Waals surface area contributed by atoms with Gasteiger partial charge < -0.3 is 10.6 Å². The number of carbonyl (C=O) groups is 2. The van der Waals surface area contributed by atoms with E-state index in [1.54, 1.807) is 25.6 Å². The van der Waals surface area contributed by atoms with Crippen LogP contribution >= 0.6 is 0 Å². The molecule has 2 heterocycles. The molecule has 0 aliphatic carbocycles. The number of fused-ring (bicyclic) bond motifs is 1.